The largest absolute Gasteiger partial charge is 0.352 e. The number of sulfonamides is 1. The first-order chi connectivity index (χ1) is 10.5. The summed E-state index contributed by atoms with van der Waals surface area (Å²) in [5.74, 6) is -0.132. The van der Waals surface area contributed by atoms with E-state index in [1.54, 1.807) is 12.1 Å². The van der Waals surface area contributed by atoms with Crippen molar-refractivity contribution in [3.8, 4) is 0 Å². The van der Waals surface area contributed by atoms with Crippen molar-refractivity contribution in [2.24, 2.45) is 0 Å². The van der Waals surface area contributed by atoms with Gasteiger partial charge in [0.05, 0.1) is 4.90 Å². The minimum Gasteiger partial charge on any atom is -0.352 e. The van der Waals surface area contributed by atoms with Gasteiger partial charge in [0.1, 0.15) is 0 Å². The Morgan fingerprint density at radius 3 is 2.61 bits per heavy atom. The van der Waals surface area contributed by atoms with Crippen molar-refractivity contribution in [3.05, 3.63) is 28.7 Å². The molecule has 130 valence electrons. The molecule has 0 saturated carbocycles. The number of piperidine rings is 1. The SMILES string of the molecule is Cl.O=C(CCNS(=O)(=O)c1ccc(Br)cc1)N[C@H]1CCCNC1. The molecule has 9 heteroatoms. The fraction of sp³-hybridized carbons (Fsp3) is 0.500. The second-order valence-corrected chi connectivity index (χ2v) is 7.90. The van der Waals surface area contributed by atoms with Crippen molar-refractivity contribution in [2.75, 3.05) is 19.6 Å². The first-order valence-electron chi connectivity index (χ1n) is 7.23. The molecule has 1 aliphatic rings. The van der Waals surface area contributed by atoms with E-state index in [9.17, 15) is 13.2 Å². The summed E-state index contributed by atoms with van der Waals surface area (Å²) in [5.41, 5.74) is 0. The van der Waals surface area contributed by atoms with Crippen LogP contribution in [0, 0.1) is 0 Å². The summed E-state index contributed by atoms with van der Waals surface area (Å²) >= 11 is 3.26. The minimum atomic E-state index is -3.57. The van der Waals surface area contributed by atoms with Crippen LogP contribution in [0.3, 0.4) is 0 Å². The molecule has 1 saturated heterocycles. The van der Waals surface area contributed by atoms with E-state index in [-0.39, 0.29) is 42.2 Å². The maximum Gasteiger partial charge on any atom is 0.240 e. The molecule has 1 aliphatic heterocycles. The first kappa shape index (κ1) is 20.4. The third kappa shape index (κ3) is 6.76. The molecule has 0 aromatic heterocycles. The van der Waals surface area contributed by atoms with Gasteiger partial charge in [-0.1, -0.05) is 15.9 Å². The second kappa shape index (κ2) is 9.58. The number of hydrogen-bond donors (Lipinski definition) is 3. The molecule has 1 atom stereocenters. The third-order valence-corrected chi connectivity index (χ3v) is 5.44. The molecule has 6 nitrogen and oxygen atoms in total. The minimum absolute atomic E-state index is 0. The fourth-order valence-electron chi connectivity index (χ4n) is 2.27. The molecule has 0 aliphatic carbocycles. The van der Waals surface area contributed by atoms with Crippen LogP contribution in [0.2, 0.25) is 0 Å². The zero-order valence-corrected chi connectivity index (χ0v) is 15.8. The Kier molecular flexibility index (Phi) is 8.49. The van der Waals surface area contributed by atoms with E-state index in [1.807, 2.05) is 0 Å². The highest BCUT2D eigenvalue weighted by Crippen LogP contribution is 2.14. The van der Waals surface area contributed by atoms with Gasteiger partial charge in [-0.3, -0.25) is 4.79 Å². The number of benzene rings is 1. The van der Waals surface area contributed by atoms with Crippen LogP contribution < -0.4 is 15.4 Å². The van der Waals surface area contributed by atoms with E-state index in [2.05, 4.69) is 31.3 Å². The molecule has 3 N–H and O–H groups in total. The van der Waals surface area contributed by atoms with Crippen molar-refractivity contribution in [3.63, 3.8) is 0 Å². The van der Waals surface area contributed by atoms with Crippen molar-refractivity contribution >= 4 is 44.3 Å². The molecule has 1 fully saturated rings. The van der Waals surface area contributed by atoms with Gasteiger partial charge in [-0.15, -0.1) is 12.4 Å². The van der Waals surface area contributed by atoms with Gasteiger partial charge in [0.15, 0.2) is 0 Å². The molecule has 1 amide bonds. The molecule has 0 spiro atoms. The number of carbonyl (C=O) groups is 1. The lowest BCUT2D eigenvalue weighted by Gasteiger charge is -2.23. The van der Waals surface area contributed by atoms with Gasteiger partial charge < -0.3 is 10.6 Å². The van der Waals surface area contributed by atoms with Crippen LogP contribution in [0.5, 0.6) is 0 Å². The molecule has 1 aromatic carbocycles. The lowest BCUT2D eigenvalue weighted by atomic mass is 10.1. The summed E-state index contributed by atoms with van der Waals surface area (Å²) in [5, 5.41) is 6.13. The van der Waals surface area contributed by atoms with Gasteiger partial charge in [-0.2, -0.15) is 0 Å². The van der Waals surface area contributed by atoms with Crippen LogP contribution in [0.25, 0.3) is 0 Å². The van der Waals surface area contributed by atoms with Crippen LogP contribution in [-0.4, -0.2) is 40.0 Å². The van der Waals surface area contributed by atoms with Gasteiger partial charge in [-0.05, 0) is 43.7 Å². The van der Waals surface area contributed by atoms with Crippen LogP contribution in [-0.2, 0) is 14.8 Å². The Hall–Kier alpha value is -0.670. The number of rotatable bonds is 6. The summed E-state index contributed by atoms with van der Waals surface area (Å²) in [7, 11) is -3.57. The maximum atomic E-state index is 12.0. The monoisotopic (exact) mass is 425 g/mol. The summed E-state index contributed by atoms with van der Waals surface area (Å²) in [4.78, 5) is 12.0. The van der Waals surface area contributed by atoms with E-state index >= 15 is 0 Å². The molecular weight excluding hydrogens is 406 g/mol. The van der Waals surface area contributed by atoms with E-state index in [0.29, 0.717) is 0 Å². The molecule has 0 radical (unpaired) electrons. The summed E-state index contributed by atoms with van der Waals surface area (Å²) in [6, 6.07) is 6.50. The topological polar surface area (TPSA) is 87.3 Å². The lowest BCUT2D eigenvalue weighted by Crippen LogP contribution is -2.46. The zero-order valence-electron chi connectivity index (χ0n) is 12.5. The standard InChI is InChI=1S/C14H20BrN3O3S.ClH/c15-11-3-5-13(6-4-11)22(20,21)17-9-7-14(19)18-12-2-1-8-16-10-12;/h3-6,12,16-17H,1-2,7-10H2,(H,18,19);1H/t12-;/m0./s1. The highest BCUT2D eigenvalue weighted by atomic mass is 79.9. The van der Waals surface area contributed by atoms with Crippen molar-refractivity contribution in [1.82, 2.24) is 15.4 Å². The number of amides is 1. The molecule has 23 heavy (non-hydrogen) atoms. The smallest absolute Gasteiger partial charge is 0.240 e. The quantitative estimate of drug-likeness (QED) is 0.642. The van der Waals surface area contributed by atoms with Crippen molar-refractivity contribution in [2.45, 2.75) is 30.2 Å². The van der Waals surface area contributed by atoms with E-state index in [0.717, 1.165) is 30.4 Å². The van der Waals surface area contributed by atoms with E-state index < -0.39 is 10.0 Å². The molecule has 1 aromatic rings. The molecular formula is C14H21BrClN3O3S. The molecule has 0 bridgehead atoms. The number of halogens is 2. The second-order valence-electron chi connectivity index (χ2n) is 5.21. The fourth-order valence-corrected chi connectivity index (χ4v) is 3.57. The Balaban J connectivity index is 0.00000264. The van der Waals surface area contributed by atoms with Crippen molar-refractivity contribution in [1.29, 1.82) is 0 Å². The molecule has 1 heterocycles. The van der Waals surface area contributed by atoms with Crippen LogP contribution in [0.1, 0.15) is 19.3 Å². The molecule has 2 rings (SSSR count). The van der Waals surface area contributed by atoms with E-state index in [4.69, 9.17) is 0 Å². The Bertz CT molecular complexity index is 604. The van der Waals surface area contributed by atoms with Crippen LogP contribution in [0.4, 0.5) is 0 Å². The van der Waals surface area contributed by atoms with Crippen LogP contribution >= 0.6 is 28.3 Å². The predicted molar refractivity (Wildman–Crippen MR) is 95.2 cm³/mol. The Morgan fingerprint density at radius 2 is 2.00 bits per heavy atom. The summed E-state index contributed by atoms with van der Waals surface area (Å²) < 4.78 is 27.3. The van der Waals surface area contributed by atoms with Gasteiger partial charge in [0.25, 0.3) is 0 Å². The molecule has 0 unspecified atom stereocenters. The average molecular weight is 427 g/mol. The Labute approximate surface area is 151 Å². The third-order valence-electron chi connectivity index (χ3n) is 3.43. The summed E-state index contributed by atoms with van der Waals surface area (Å²) in [6.07, 6.45) is 2.14. The van der Waals surface area contributed by atoms with Gasteiger partial charge >= 0.3 is 0 Å². The normalized spacial score (nSPS) is 18.0. The van der Waals surface area contributed by atoms with Gasteiger partial charge in [0.2, 0.25) is 15.9 Å². The highest BCUT2D eigenvalue weighted by Gasteiger charge is 2.17. The van der Waals surface area contributed by atoms with Gasteiger partial charge in [0, 0.05) is 30.0 Å². The van der Waals surface area contributed by atoms with E-state index in [1.165, 1.54) is 12.1 Å². The van der Waals surface area contributed by atoms with Crippen LogP contribution in [0.15, 0.2) is 33.6 Å². The summed E-state index contributed by atoms with van der Waals surface area (Å²) in [6.45, 7) is 1.85. The average Bonchev–Trinajstić information content (AvgIpc) is 2.48. The predicted octanol–water partition coefficient (Wildman–Crippen LogP) is 1.41. The number of nitrogens with one attached hydrogen (secondary N) is 3. The highest BCUT2D eigenvalue weighted by molar-refractivity contribution is 9.10. The number of carbonyl (C=O) groups excluding carboxylic acids is 1. The zero-order chi connectivity index (χ0) is 16.0. The maximum absolute atomic E-state index is 12.0. The first-order valence-corrected chi connectivity index (χ1v) is 9.50. The lowest BCUT2D eigenvalue weighted by molar-refractivity contribution is -0.121. The van der Waals surface area contributed by atoms with Gasteiger partial charge in [-0.25, -0.2) is 13.1 Å². The number of hydrogen-bond acceptors (Lipinski definition) is 4. The van der Waals surface area contributed by atoms with Crippen molar-refractivity contribution < 1.29 is 13.2 Å². The Morgan fingerprint density at radius 1 is 1.30 bits per heavy atom.